The van der Waals surface area contributed by atoms with E-state index < -0.39 is 23.7 Å². The molecular formula is C12H22N2O4. The maximum Gasteiger partial charge on any atom is 0.253 e. The first-order valence-electron chi connectivity index (χ1n) is 6.23. The summed E-state index contributed by atoms with van der Waals surface area (Å²) < 4.78 is 0. The van der Waals surface area contributed by atoms with Gasteiger partial charge < -0.3 is 21.3 Å². The van der Waals surface area contributed by atoms with Crippen LogP contribution in [0.25, 0.3) is 0 Å². The molecule has 4 atom stereocenters. The van der Waals surface area contributed by atoms with E-state index in [0.717, 1.165) is 0 Å². The standard InChI is InChI=1S/C12H22N2O4/c1-7(8(2)15)5-10(16)9(13)3-4-12(18)6-14-11(12)17/h7-9,15,18H,3-6,13H2,1-2H3,(H,14,17)/t7-,8?,9?,12-/m0/s1. The molecular weight excluding hydrogens is 236 g/mol. The van der Waals surface area contributed by atoms with E-state index in [2.05, 4.69) is 5.32 Å². The van der Waals surface area contributed by atoms with E-state index in [0.29, 0.717) is 0 Å². The van der Waals surface area contributed by atoms with Crippen LogP contribution in [0.2, 0.25) is 0 Å². The number of Topliss-reactive ketones (excluding diaryl/α,β-unsaturated/α-hetero) is 1. The number of aliphatic hydroxyl groups is 2. The van der Waals surface area contributed by atoms with Crippen molar-refractivity contribution in [3.8, 4) is 0 Å². The number of hydrogen-bond acceptors (Lipinski definition) is 5. The molecule has 104 valence electrons. The molecule has 6 heteroatoms. The molecule has 1 fully saturated rings. The fourth-order valence-corrected chi connectivity index (χ4v) is 1.76. The number of hydrogen-bond donors (Lipinski definition) is 4. The fraction of sp³-hybridized carbons (Fsp3) is 0.833. The van der Waals surface area contributed by atoms with Crippen LogP contribution in [0.3, 0.4) is 0 Å². The topological polar surface area (TPSA) is 113 Å². The van der Waals surface area contributed by atoms with Crippen LogP contribution in [0.1, 0.15) is 33.1 Å². The van der Waals surface area contributed by atoms with Crippen molar-refractivity contribution < 1.29 is 19.8 Å². The van der Waals surface area contributed by atoms with Crippen molar-refractivity contribution in [3.05, 3.63) is 0 Å². The van der Waals surface area contributed by atoms with Gasteiger partial charge in [-0.25, -0.2) is 0 Å². The molecule has 0 radical (unpaired) electrons. The summed E-state index contributed by atoms with van der Waals surface area (Å²) in [6.07, 6.45) is 0.121. The van der Waals surface area contributed by atoms with Crippen LogP contribution >= 0.6 is 0 Å². The summed E-state index contributed by atoms with van der Waals surface area (Å²) in [7, 11) is 0. The summed E-state index contributed by atoms with van der Waals surface area (Å²) in [6.45, 7) is 3.63. The van der Waals surface area contributed by atoms with Crippen molar-refractivity contribution in [1.29, 1.82) is 0 Å². The minimum absolute atomic E-state index is 0.140. The lowest BCUT2D eigenvalue weighted by molar-refractivity contribution is -0.153. The molecule has 0 aliphatic carbocycles. The normalized spacial score (nSPS) is 27.9. The highest BCUT2D eigenvalue weighted by molar-refractivity contribution is 5.91. The van der Waals surface area contributed by atoms with Crippen molar-refractivity contribution in [1.82, 2.24) is 5.32 Å². The van der Waals surface area contributed by atoms with Crippen LogP contribution in [0.15, 0.2) is 0 Å². The summed E-state index contributed by atoms with van der Waals surface area (Å²) in [6, 6.07) is -0.691. The highest BCUT2D eigenvalue weighted by Crippen LogP contribution is 2.20. The van der Waals surface area contributed by atoms with Crippen LogP contribution in [-0.4, -0.2) is 46.2 Å². The smallest absolute Gasteiger partial charge is 0.253 e. The lowest BCUT2D eigenvalue weighted by atomic mass is 9.86. The largest absolute Gasteiger partial charge is 0.393 e. The molecule has 0 saturated carbocycles. The van der Waals surface area contributed by atoms with Crippen LogP contribution in [0.5, 0.6) is 0 Å². The predicted octanol–water partition coefficient (Wildman–Crippen LogP) is -1.07. The Morgan fingerprint density at radius 3 is 2.56 bits per heavy atom. The van der Waals surface area contributed by atoms with Crippen LogP contribution < -0.4 is 11.1 Å². The number of carbonyl (C=O) groups is 2. The lowest BCUT2D eigenvalue weighted by Gasteiger charge is -2.36. The number of nitrogens with one attached hydrogen (secondary N) is 1. The van der Waals surface area contributed by atoms with Crippen molar-refractivity contribution >= 4 is 11.7 Å². The molecule has 0 aromatic carbocycles. The van der Waals surface area contributed by atoms with Gasteiger partial charge in [-0.05, 0) is 25.7 Å². The van der Waals surface area contributed by atoms with Gasteiger partial charge >= 0.3 is 0 Å². The summed E-state index contributed by atoms with van der Waals surface area (Å²) in [5.74, 6) is -0.690. The van der Waals surface area contributed by atoms with Gasteiger partial charge in [0.05, 0.1) is 18.7 Å². The zero-order valence-corrected chi connectivity index (χ0v) is 10.8. The summed E-state index contributed by atoms with van der Waals surface area (Å²) in [5, 5.41) is 21.5. The average Bonchev–Trinajstić information content (AvgIpc) is 2.33. The Hall–Kier alpha value is -0.980. The molecule has 5 N–H and O–H groups in total. The van der Waals surface area contributed by atoms with Crippen LogP contribution in [0, 0.1) is 5.92 Å². The van der Waals surface area contributed by atoms with Gasteiger partial charge in [-0.3, -0.25) is 9.59 Å². The lowest BCUT2D eigenvalue weighted by Crippen LogP contribution is -2.65. The molecule has 0 aromatic rings. The van der Waals surface area contributed by atoms with Crippen molar-refractivity contribution in [3.63, 3.8) is 0 Å². The second-order valence-corrected chi connectivity index (χ2v) is 5.25. The molecule has 1 heterocycles. The quantitative estimate of drug-likeness (QED) is 0.434. The SMILES string of the molecule is CC(O)[C@@H](C)CC(=O)C(N)CC[C@]1(O)CNC1=O. The molecule has 18 heavy (non-hydrogen) atoms. The Kier molecular flexibility index (Phi) is 4.84. The highest BCUT2D eigenvalue weighted by atomic mass is 16.3. The number of aliphatic hydroxyl groups excluding tert-OH is 1. The molecule has 1 rings (SSSR count). The maximum absolute atomic E-state index is 11.7. The number of rotatable bonds is 7. The minimum Gasteiger partial charge on any atom is -0.393 e. The third-order valence-electron chi connectivity index (χ3n) is 3.59. The van der Waals surface area contributed by atoms with Gasteiger partial charge in [-0.1, -0.05) is 6.92 Å². The van der Waals surface area contributed by atoms with Gasteiger partial charge in [0.25, 0.3) is 5.91 Å². The zero-order valence-electron chi connectivity index (χ0n) is 10.8. The fourth-order valence-electron chi connectivity index (χ4n) is 1.76. The Bertz CT molecular complexity index is 332. The first-order chi connectivity index (χ1) is 8.26. The van der Waals surface area contributed by atoms with E-state index in [1.54, 1.807) is 13.8 Å². The number of amides is 1. The van der Waals surface area contributed by atoms with E-state index in [9.17, 15) is 19.8 Å². The average molecular weight is 258 g/mol. The first kappa shape index (κ1) is 15.1. The van der Waals surface area contributed by atoms with Gasteiger partial charge in [-0.15, -0.1) is 0 Å². The highest BCUT2D eigenvalue weighted by Gasteiger charge is 2.44. The maximum atomic E-state index is 11.7. The predicted molar refractivity (Wildman–Crippen MR) is 65.6 cm³/mol. The van der Waals surface area contributed by atoms with E-state index in [-0.39, 0.29) is 37.5 Å². The Balaban J connectivity index is 2.34. The number of β-amino-alcohol motifs (C(OH)–C–C–N with tert-alkyl or cyclic N) is 1. The molecule has 2 unspecified atom stereocenters. The zero-order chi connectivity index (χ0) is 13.9. The third-order valence-corrected chi connectivity index (χ3v) is 3.59. The number of nitrogens with two attached hydrogens (primary N) is 1. The van der Waals surface area contributed by atoms with Crippen molar-refractivity contribution in [2.24, 2.45) is 11.7 Å². The molecule has 1 amide bonds. The number of ketones is 1. The second kappa shape index (κ2) is 5.77. The van der Waals surface area contributed by atoms with Crippen LogP contribution in [-0.2, 0) is 9.59 Å². The van der Waals surface area contributed by atoms with E-state index in [1.807, 2.05) is 0 Å². The summed E-state index contributed by atoms with van der Waals surface area (Å²) in [4.78, 5) is 22.8. The molecule has 1 saturated heterocycles. The van der Waals surface area contributed by atoms with Crippen molar-refractivity contribution in [2.75, 3.05) is 6.54 Å². The summed E-state index contributed by atoms with van der Waals surface area (Å²) >= 11 is 0. The molecule has 0 aromatic heterocycles. The first-order valence-corrected chi connectivity index (χ1v) is 6.23. The number of carbonyl (C=O) groups excluding carboxylic acids is 2. The molecule has 6 nitrogen and oxygen atoms in total. The monoisotopic (exact) mass is 258 g/mol. The van der Waals surface area contributed by atoms with E-state index in [4.69, 9.17) is 5.73 Å². The minimum atomic E-state index is -1.35. The molecule has 0 spiro atoms. The van der Waals surface area contributed by atoms with E-state index >= 15 is 0 Å². The van der Waals surface area contributed by atoms with Gasteiger partial charge in [0.2, 0.25) is 0 Å². The van der Waals surface area contributed by atoms with Gasteiger partial charge in [0, 0.05) is 6.42 Å². The van der Waals surface area contributed by atoms with E-state index in [1.165, 1.54) is 0 Å². The Morgan fingerprint density at radius 1 is 1.56 bits per heavy atom. The Labute approximate surface area is 107 Å². The van der Waals surface area contributed by atoms with Gasteiger partial charge in [0.1, 0.15) is 5.78 Å². The molecule has 1 aliphatic rings. The molecule has 1 aliphatic heterocycles. The van der Waals surface area contributed by atoms with Crippen molar-refractivity contribution in [2.45, 2.75) is 50.9 Å². The number of β-lactam (4-membered cyclic amide) rings is 1. The van der Waals surface area contributed by atoms with Gasteiger partial charge in [0.15, 0.2) is 5.60 Å². The summed E-state index contributed by atoms with van der Waals surface area (Å²) in [5.41, 5.74) is 4.37. The second-order valence-electron chi connectivity index (χ2n) is 5.25. The molecule has 0 bridgehead atoms. The van der Waals surface area contributed by atoms with Gasteiger partial charge in [-0.2, -0.15) is 0 Å². The Morgan fingerprint density at radius 2 is 2.17 bits per heavy atom. The van der Waals surface area contributed by atoms with Crippen LogP contribution in [0.4, 0.5) is 0 Å². The third kappa shape index (κ3) is 3.51.